The van der Waals surface area contributed by atoms with Crippen LogP contribution in [0, 0.1) is 5.92 Å². The Hall–Kier alpha value is -2.21. The lowest BCUT2D eigenvalue weighted by Gasteiger charge is -2.37. The number of aromatic nitrogens is 3. The molecule has 6 nitrogen and oxygen atoms in total. The molecular formula is C21H29N5O. The maximum absolute atomic E-state index is 13.4. The fourth-order valence-corrected chi connectivity index (χ4v) is 4.55. The third kappa shape index (κ3) is 4.38. The number of hydrogen-bond acceptors (Lipinski definition) is 4. The van der Waals surface area contributed by atoms with Crippen LogP contribution in [0.3, 0.4) is 0 Å². The maximum atomic E-state index is 13.4. The fourth-order valence-electron chi connectivity index (χ4n) is 4.55. The van der Waals surface area contributed by atoms with E-state index in [-0.39, 0.29) is 5.92 Å². The van der Waals surface area contributed by atoms with Crippen LogP contribution in [0.2, 0.25) is 0 Å². The molecule has 6 heteroatoms. The zero-order valence-electron chi connectivity index (χ0n) is 15.9. The number of carbonyl (C=O) groups excluding carboxylic acids is 1. The second-order valence-electron chi connectivity index (χ2n) is 7.76. The lowest BCUT2D eigenvalue weighted by atomic mass is 9.83. The van der Waals surface area contributed by atoms with Crippen molar-refractivity contribution in [1.29, 1.82) is 0 Å². The minimum absolute atomic E-state index is 0.0374. The molecule has 0 radical (unpaired) electrons. The Balaban J connectivity index is 1.36. The molecule has 0 bridgehead atoms. The fraction of sp³-hybridized carbons (Fsp3) is 0.571. The van der Waals surface area contributed by atoms with E-state index in [1.165, 1.54) is 31.2 Å². The van der Waals surface area contributed by atoms with Gasteiger partial charge in [-0.3, -0.25) is 14.4 Å². The first kappa shape index (κ1) is 18.2. The molecule has 1 aromatic carbocycles. The quantitative estimate of drug-likeness (QED) is 0.787. The summed E-state index contributed by atoms with van der Waals surface area (Å²) in [6, 6.07) is 10.4. The molecule has 0 N–H and O–H groups in total. The van der Waals surface area contributed by atoms with E-state index in [0.29, 0.717) is 11.8 Å². The smallest absolute Gasteiger partial charge is 0.230 e. The van der Waals surface area contributed by atoms with Gasteiger partial charge in [0.25, 0.3) is 0 Å². The normalized spacial score (nSPS) is 20.1. The van der Waals surface area contributed by atoms with E-state index in [9.17, 15) is 4.79 Å². The summed E-state index contributed by atoms with van der Waals surface area (Å²) < 4.78 is 1.86. The van der Waals surface area contributed by atoms with E-state index < -0.39 is 0 Å². The third-order valence-corrected chi connectivity index (χ3v) is 6.09. The molecule has 4 rings (SSSR count). The topological polar surface area (TPSA) is 54.3 Å². The van der Waals surface area contributed by atoms with Gasteiger partial charge in [-0.25, -0.2) is 4.98 Å². The Morgan fingerprint density at radius 3 is 2.44 bits per heavy atom. The van der Waals surface area contributed by atoms with E-state index in [4.69, 9.17) is 0 Å². The first-order chi connectivity index (χ1) is 13.3. The van der Waals surface area contributed by atoms with Crippen molar-refractivity contribution in [2.45, 2.75) is 38.1 Å². The van der Waals surface area contributed by atoms with Gasteiger partial charge in [0.1, 0.15) is 12.7 Å². The minimum Gasteiger partial charge on any atom is -0.340 e. The van der Waals surface area contributed by atoms with Crippen LogP contribution < -0.4 is 0 Å². The van der Waals surface area contributed by atoms with Crippen molar-refractivity contribution in [1.82, 2.24) is 24.6 Å². The highest BCUT2D eigenvalue weighted by molar-refractivity contribution is 5.84. The van der Waals surface area contributed by atoms with E-state index >= 15 is 0 Å². The van der Waals surface area contributed by atoms with Crippen LogP contribution in [0.15, 0.2) is 43.0 Å². The Bertz CT molecular complexity index is 703. The van der Waals surface area contributed by atoms with Crippen molar-refractivity contribution in [3.63, 3.8) is 0 Å². The number of amides is 1. The predicted molar refractivity (Wildman–Crippen MR) is 104 cm³/mol. The molecular weight excluding hydrogens is 338 g/mol. The Morgan fingerprint density at radius 1 is 1.04 bits per heavy atom. The van der Waals surface area contributed by atoms with Crippen molar-refractivity contribution in [2.24, 2.45) is 5.92 Å². The van der Waals surface area contributed by atoms with Crippen molar-refractivity contribution < 1.29 is 4.79 Å². The number of carbonyl (C=O) groups is 1. The summed E-state index contributed by atoms with van der Waals surface area (Å²) in [4.78, 5) is 21.9. The molecule has 27 heavy (non-hydrogen) atoms. The minimum atomic E-state index is 0.0374. The molecule has 1 aliphatic heterocycles. The molecule has 1 saturated carbocycles. The molecule has 2 fully saturated rings. The summed E-state index contributed by atoms with van der Waals surface area (Å²) in [5.74, 6) is 0.879. The van der Waals surface area contributed by atoms with Gasteiger partial charge in [0.15, 0.2) is 0 Å². The molecule has 0 unspecified atom stereocenters. The van der Waals surface area contributed by atoms with Gasteiger partial charge in [-0.1, -0.05) is 43.2 Å². The predicted octanol–water partition coefficient (Wildman–Crippen LogP) is 2.40. The number of benzene rings is 1. The second kappa shape index (κ2) is 8.65. The van der Waals surface area contributed by atoms with Crippen molar-refractivity contribution in [2.75, 3.05) is 32.7 Å². The third-order valence-electron chi connectivity index (χ3n) is 6.09. The van der Waals surface area contributed by atoms with Crippen LogP contribution in [-0.4, -0.2) is 63.2 Å². The van der Waals surface area contributed by atoms with E-state index in [1.807, 2.05) is 10.7 Å². The molecule has 1 saturated heterocycles. The van der Waals surface area contributed by atoms with Crippen molar-refractivity contribution in [3.8, 4) is 0 Å². The standard InChI is InChI=1S/C21H29N5O/c27-21(20(19-8-4-5-9-19)18-6-2-1-3-7-18)25-13-10-24(11-14-25)12-15-26-17-22-16-23-26/h1-3,6-7,16-17,19-20H,4-5,8-15H2/t20-/m1/s1. The average Bonchev–Trinajstić information content (AvgIpc) is 3.42. The molecule has 1 aromatic heterocycles. The summed E-state index contributed by atoms with van der Waals surface area (Å²) in [6.07, 6.45) is 8.22. The lowest BCUT2D eigenvalue weighted by Crippen LogP contribution is -2.51. The Labute approximate surface area is 161 Å². The van der Waals surface area contributed by atoms with E-state index in [1.54, 1.807) is 12.7 Å². The summed E-state index contributed by atoms with van der Waals surface area (Å²) in [6.45, 7) is 5.33. The highest BCUT2D eigenvalue weighted by atomic mass is 16.2. The van der Waals surface area contributed by atoms with Gasteiger partial charge < -0.3 is 4.90 Å². The van der Waals surface area contributed by atoms with Crippen LogP contribution in [0.5, 0.6) is 0 Å². The largest absolute Gasteiger partial charge is 0.340 e. The summed E-state index contributed by atoms with van der Waals surface area (Å²) >= 11 is 0. The molecule has 0 spiro atoms. The lowest BCUT2D eigenvalue weighted by molar-refractivity contribution is -0.136. The molecule has 2 aromatic rings. The SMILES string of the molecule is O=C([C@H](c1ccccc1)C1CCCC1)N1CCN(CCn2cncn2)CC1. The van der Waals surface area contributed by atoms with Crippen molar-refractivity contribution in [3.05, 3.63) is 48.5 Å². The van der Waals surface area contributed by atoms with Crippen LogP contribution in [0.1, 0.15) is 37.2 Å². The van der Waals surface area contributed by atoms with Gasteiger partial charge in [0, 0.05) is 32.7 Å². The Morgan fingerprint density at radius 2 is 1.78 bits per heavy atom. The molecule has 2 heterocycles. The average molecular weight is 367 g/mol. The number of hydrogen-bond donors (Lipinski definition) is 0. The van der Waals surface area contributed by atoms with Gasteiger partial charge in [-0.2, -0.15) is 5.10 Å². The zero-order valence-corrected chi connectivity index (χ0v) is 15.9. The first-order valence-electron chi connectivity index (χ1n) is 10.2. The van der Waals surface area contributed by atoms with Crippen LogP contribution in [-0.2, 0) is 11.3 Å². The van der Waals surface area contributed by atoms with Gasteiger partial charge in [0.05, 0.1) is 12.5 Å². The Kier molecular flexibility index (Phi) is 5.82. The zero-order chi connectivity index (χ0) is 18.5. The summed E-state index contributed by atoms with van der Waals surface area (Å²) in [7, 11) is 0. The van der Waals surface area contributed by atoms with Gasteiger partial charge in [0.2, 0.25) is 5.91 Å². The van der Waals surface area contributed by atoms with Crippen LogP contribution in [0.25, 0.3) is 0 Å². The van der Waals surface area contributed by atoms with E-state index in [2.05, 4.69) is 44.1 Å². The second-order valence-corrected chi connectivity index (χ2v) is 7.76. The van der Waals surface area contributed by atoms with Crippen LogP contribution >= 0.6 is 0 Å². The summed E-state index contributed by atoms with van der Waals surface area (Å²) in [5, 5.41) is 4.16. The van der Waals surface area contributed by atoms with Gasteiger partial charge in [-0.05, 0) is 24.3 Å². The highest BCUT2D eigenvalue weighted by Crippen LogP contribution is 2.38. The number of piperazine rings is 1. The summed E-state index contributed by atoms with van der Waals surface area (Å²) in [5.41, 5.74) is 1.20. The van der Waals surface area contributed by atoms with Gasteiger partial charge in [-0.15, -0.1) is 0 Å². The number of rotatable bonds is 6. The maximum Gasteiger partial charge on any atom is 0.230 e. The van der Waals surface area contributed by atoms with Crippen LogP contribution in [0.4, 0.5) is 0 Å². The highest BCUT2D eigenvalue weighted by Gasteiger charge is 2.35. The molecule has 2 aliphatic rings. The van der Waals surface area contributed by atoms with Gasteiger partial charge >= 0.3 is 0 Å². The molecule has 1 atom stereocenters. The molecule has 1 amide bonds. The number of nitrogens with zero attached hydrogens (tertiary/aromatic N) is 5. The van der Waals surface area contributed by atoms with Crippen molar-refractivity contribution >= 4 is 5.91 Å². The molecule has 144 valence electrons. The van der Waals surface area contributed by atoms with E-state index in [0.717, 1.165) is 39.3 Å². The monoisotopic (exact) mass is 367 g/mol. The molecule has 1 aliphatic carbocycles. The first-order valence-corrected chi connectivity index (χ1v) is 10.2.